The molecule has 5 rings (SSSR count). The maximum absolute atomic E-state index is 6.39. The molecule has 0 aliphatic carbocycles. The minimum atomic E-state index is -0.112. The molecule has 0 radical (unpaired) electrons. The number of aromatic nitrogens is 4. The summed E-state index contributed by atoms with van der Waals surface area (Å²) in [5.74, 6) is 2.02. The molecule has 0 aliphatic rings. The highest BCUT2D eigenvalue weighted by Crippen LogP contribution is 2.38. The molecule has 0 fully saturated rings. The van der Waals surface area contributed by atoms with Crippen molar-refractivity contribution < 1.29 is 14.2 Å². The Morgan fingerprint density at radius 3 is 2.43 bits per heavy atom. The van der Waals surface area contributed by atoms with Gasteiger partial charge in [-0.2, -0.15) is 0 Å². The first kappa shape index (κ1) is 24.5. The number of rotatable bonds is 7. The molecule has 3 aromatic heterocycles. The molecule has 190 valence electrons. The summed E-state index contributed by atoms with van der Waals surface area (Å²) in [5, 5.41) is 1.67. The van der Waals surface area contributed by atoms with Gasteiger partial charge in [-0.3, -0.25) is 4.57 Å². The first-order valence-corrected chi connectivity index (χ1v) is 12.1. The van der Waals surface area contributed by atoms with E-state index in [1.165, 1.54) is 6.33 Å². The van der Waals surface area contributed by atoms with Gasteiger partial charge in [0.1, 0.15) is 35.9 Å². The van der Waals surface area contributed by atoms with Crippen molar-refractivity contribution in [3.8, 4) is 17.2 Å². The summed E-state index contributed by atoms with van der Waals surface area (Å²) in [6.45, 7) is 8.57. The molecule has 0 amide bonds. The van der Waals surface area contributed by atoms with E-state index in [1.54, 1.807) is 14.2 Å². The molecule has 0 saturated carbocycles. The molecule has 5 aromatic rings. The number of benzene rings is 2. The van der Waals surface area contributed by atoms with Crippen molar-refractivity contribution in [3.63, 3.8) is 0 Å². The fourth-order valence-electron chi connectivity index (χ4n) is 4.83. The number of ether oxygens (including phenoxy) is 3. The molecule has 8 nitrogen and oxygen atoms in total. The van der Waals surface area contributed by atoms with Gasteiger partial charge in [-0.05, 0) is 63.1 Å². The SMILES string of the molecule is COc1ccc(COc2ccc(C)c(-n3c4nc(C)c(C(C)OC)cc4c4c(N)ncnc43)c2C)cc1. The van der Waals surface area contributed by atoms with E-state index in [4.69, 9.17) is 24.9 Å². The van der Waals surface area contributed by atoms with Crippen LogP contribution in [0.3, 0.4) is 0 Å². The average molecular weight is 498 g/mol. The second-order valence-electron chi connectivity index (χ2n) is 9.20. The zero-order valence-electron chi connectivity index (χ0n) is 22.0. The van der Waals surface area contributed by atoms with Crippen molar-refractivity contribution in [2.75, 3.05) is 20.0 Å². The zero-order valence-corrected chi connectivity index (χ0v) is 22.0. The Kier molecular flexibility index (Phi) is 6.43. The number of methoxy groups -OCH3 is 2. The maximum Gasteiger partial charge on any atom is 0.152 e. The van der Waals surface area contributed by atoms with Gasteiger partial charge in [0.2, 0.25) is 0 Å². The third-order valence-corrected chi connectivity index (χ3v) is 6.93. The van der Waals surface area contributed by atoms with Gasteiger partial charge in [0.05, 0.1) is 24.3 Å². The second kappa shape index (κ2) is 9.71. The predicted molar refractivity (Wildman–Crippen MR) is 146 cm³/mol. The van der Waals surface area contributed by atoms with Crippen molar-refractivity contribution in [2.45, 2.75) is 40.4 Å². The van der Waals surface area contributed by atoms with Crippen LogP contribution in [0.25, 0.3) is 27.8 Å². The number of fused-ring (bicyclic) bond motifs is 3. The Bertz CT molecular complexity index is 1610. The van der Waals surface area contributed by atoms with E-state index >= 15 is 0 Å². The van der Waals surface area contributed by atoms with E-state index in [-0.39, 0.29) is 6.10 Å². The minimum Gasteiger partial charge on any atom is -0.497 e. The molecule has 0 saturated heterocycles. The molecule has 0 spiro atoms. The first-order valence-electron chi connectivity index (χ1n) is 12.1. The van der Waals surface area contributed by atoms with Crippen LogP contribution in [0, 0.1) is 20.8 Å². The van der Waals surface area contributed by atoms with Crippen molar-refractivity contribution in [2.24, 2.45) is 0 Å². The van der Waals surface area contributed by atoms with Gasteiger partial charge in [0.25, 0.3) is 0 Å². The van der Waals surface area contributed by atoms with E-state index in [9.17, 15) is 0 Å². The Hall–Kier alpha value is -4.17. The summed E-state index contributed by atoms with van der Waals surface area (Å²) in [6, 6.07) is 14.0. The number of aryl methyl sites for hydroxylation is 2. The highest BCUT2D eigenvalue weighted by molar-refractivity contribution is 6.11. The summed E-state index contributed by atoms with van der Waals surface area (Å²) in [5.41, 5.74) is 13.8. The largest absolute Gasteiger partial charge is 0.497 e. The standard InChI is InChI=1S/C29H31N5O3/c1-16-7-12-24(37-14-20-8-10-21(36-6)11-9-20)17(2)26(16)34-28-23(25-27(30)31-15-32-29(25)34)13-22(18(3)33-28)19(4)35-5/h7-13,15,19H,14H2,1-6H3,(H2,30,31,32). The minimum absolute atomic E-state index is 0.112. The lowest BCUT2D eigenvalue weighted by atomic mass is 10.1. The van der Waals surface area contributed by atoms with E-state index in [1.807, 2.05) is 44.2 Å². The molecule has 37 heavy (non-hydrogen) atoms. The van der Waals surface area contributed by atoms with Crippen LogP contribution >= 0.6 is 0 Å². The Labute approximate surface area is 216 Å². The fourth-order valence-corrected chi connectivity index (χ4v) is 4.83. The molecule has 1 unspecified atom stereocenters. The summed E-state index contributed by atoms with van der Waals surface area (Å²) in [6.07, 6.45) is 1.38. The van der Waals surface area contributed by atoms with E-state index in [0.717, 1.165) is 61.6 Å². The van der Waals surface area contributed by atoms with Crippen molar-refractivity contribution in [1.82, 2.24) is 19.5 Å². The third kappa shape index (κ3) is 4.23. The lowest BCUT2D eigenvalue weighted by molar-refractivity contribution is 0.119. The van der Waals surface area contributed by atoms with E-state index in [2.05, 4.69) is 40.5 Å². The molecular formula is C29H31N5O3. The highest BCUT2D eigenvalue weighted by Gasteiger charge is 2.23. The molecule has 2 aromatic carbocycles. The summed E-state index contributed by atoms with van der Waals surface area (Å²) in [7, 11) is 3.35. The monoisotopic (exact) mass is 497 g/mol. The van der Waals surface area contributed by atoms with Gasteiger partial charge in [-0.25, -0.2) is 15.0 Å². The number of anilines is 1. The molecule has 3 heterocycles. The second-order valence-corrected chi connectivity index (χ2v) is 9.20. The van der Waals surface area contributed by atoms with Crippen LogP contribution in [-0.2, 0) is 11.3 Å². The van der Waals surface area contributed by atoms with Crippen LogP contribution in [0.1, 0.15) is 41.0 Å². The molecule has 8 heteroatoms. The van der Waals surface area contributed by atoms with Gasteiger partial charge in [-0.1, -0.05) is 18.2 Å². The molecule has 2 N–H and O–H groups in total. The number of nitrogens with two attached hydrogens (primary N) is 1. The van der Waals surface area contributed by atoms with Gasteiger partial charge >= 0.3 is 0 Å². The number of nitrogens with zero attached hydrogens (tertiary/aromatic N) is 4. The Morgan fingerprint density at radius 2 is 1.73 bits per heavy atom. The third-order valence-electron chi connectivity index (χ3n) is 6.93. The van der Waals surface area contributed by atoms with Crippen LogP contribution in [-0.4, -0.2) is 33.7 Å². The van der Waals surface area contributed by atoms with Gasteiger partial charge in [-0.15, -0.1) is 0 Å². The van der Waals surface area contributed by atoms with Crippen LogP contribution in [0.5, 0.6) is 11.5 Å². The summed E-state index contributed by atoms with van der Waals surface area (Å²) in [4.78, 5) is 14.0. The summed E-state index contributed by atoms with van der Waals surface area (Å²) < 4.78 is 19.2. The molecule has 1 atom stereocenters. The molecular weight excluding hydrogens is 466 g/mol. The van der Waals surface area contributed by atoms with Crippen molar-refractivity contribution in [3.05, 3.63) is 76.7 Å². The number of pyridine rings is 1. The van der Waals surface area contributed by atoms with Crippen LogP contribution < -0.4 is 15.2 Å². The van der Waals surface area contributed by atoms with Gasteiger partial charge in [0.15, 0.2) is 5.65 Å². The summed E-state index contributed by atoms with van der Waals surface area (Å²) >= 11 is 0. The smallest absolute Gasteiger partial charge is 0.152 e. The van der Waals surface area contributed by atoms with E-state index < -0.39 is 0 Å². The lowest BCUT2D eigenvalue weighted by Crippen LogP contribution is -2.06. The Balaban J connectivity index is 1.68. The quantitative estimate of drug-likeness (QED) is 0.305. The average Bonchev–Trinajstić information content (AvgIpc) is 3.21. The van der Waals surface area contributed by atoms with Crippen molar-refractivity contribution >= 4 is 27.9 Å². The topological polar surface area (TPSA) is 97.3 Å². The van der Waals surface area contributed by atoms with E-state index in [0.29, 0.717) is 18.1 Å². The number of hydrogen-bond donors (Lipinski definition) is 1. The van der Waals surface area contributed by atoms with Crippen molar-refractivity contribution in [1.29, 1.82) is 0 Å². The van der Waals surface area contributed by atoms with Crippen LogP contribution in [0.4, 0.5) is 5.82 Å². The van der Waals surface area contributed by atoms with Crippen LogP contribution in [0.15, 0.2) is 48.8 Å². The normalized spacial score (nSPS) is 12.3. The zero-order chi connectivity index (χ0) is 26.3. The highest BCUT2D eigenvalue weighted by atomic mass is 16.5. The lowest BCUT2D eigenvalue weighted by Gasteiger charge is -2.18. The number of nitrogen functional groups attached to an aromatic ring is 1. The number of hydrogen-bond acceptors (Lipinski definition) is 7. The molecule has 0 aliphatic heterocycles. The fraction of sp³-hybridized carbons (Fsp3) is 0.276. The molecule has 0 bridgehead atoms. The maximum atomic E-state index is 6.39. The first-order chi connectivity index (χ1) is 17.8. The predicted octanol–water partition coefficient (Wildman–Crippen LogP) is 5.77. The van der Waals surface area contributed by atoms with Gasteiger partial charge in [0, 0.05) is 29.3 Å². The van der Waals surface area contributed by atoms with Gasteiger partial charge < -0.3 is 19.9 Å². The van der Waals surface area contributed by atoms with Crippen LogP contribution in [0.2, 0.25) is 0 Å². The Morgan fingerprint density at radius 1 is 0.973 bits per heavy atom.